The number of fused-ring (bicyclic) bond motifs is 1. The lowest BCUT2D eigenvalue weighted by Crippen LogP contribution is -2.70. The molecule has 1 aromatic carbocycles. The normalized spacial score (nSPS) is 26.0. The summed E-state index contributed by atoms with van der Waals surface area (Å²) in [5.74, 6) is -0.819. The zero-order valence-electron chi connectivity index (χ0n) is 14.6. The summed E-state index contributed by atoms with van der Waals surface area (Å²) in [6.45, 7) is 4.11. The van der Waals surface area contributed by atoms with Crippen LogP contribution >= 0.6 is 27.7 Å². The quantitative estimate of drug-likeness (QED) is 0.414. The zero-order chi connectivity index (χ0) is 18.9. The van der Waals surface area contributed by atoms with Gasteiger partial charge in [0.05, 0.1) is 6.42 Å². The van der Waals surface area contributed by atoms with Gasteiger partial charge in [0.15, 0.2) is 0 Å². The van der Waals surface area contributed by atoms with E-state index in [9.17, 15) is 14.4 Å². The van der Waals surface area contributed by atoms with Crippen molar-refractivity contribution in [2.24, 2.45) is 0 Å². The minimum Gasteiger partial charge on any atom is -0.463 e. The minimum atomic E-state index is -0.633. The first-order chi connectivity index (χ1) is 12.3. The second-order valence-electron chi connectivity index (χ2n) is 6.82. The standard InChI is InChI=1S/C18H21BrN2O4S/c1-18(2)14(17(24)25-9-8-19)21-15(23)13(16(21)26-18)20-12(22)10-11-6-4-3-5-7-11/h3-7,13-14,16H,8-10H2,1-2H3,(H,20,22)/t13-,14+,16-/m1/s1. The van der Waals surface area contributed by atoms with E-state index in [1.54, 1.807) is 4.90 Å². The summed E-state index contributed by atoms with van der Waals surface area (Å²) in [6, 6.07) is 8.15. The highest BCUT2D eigenvalue weighted by Gasteiger charge is 2.64. The van der Waals surface area contributed by atoms with Gasteiger partial charge in [-0.3, -0.25) is 9.59 Å². The van der Waals surface area contributed by atoms with Crippen LogP contribution in [0.25, 0.3) is 0 Å². The van der Waals surface area contributed by atoms with E-state index in [-0.39, 0.29) is 30.2 Å². The molecule has 0 aromatic heterocycles. The number of carbonyl (C=O) groups excluding carboxylic acids is 3. The number of nitrogens with one attached hydrogen (secondary N) is 1. The molecule has 2 aliphatic rings. The highest BCUT2D eigenvalue weighted by Crippen LogP contribution is 2.51. The fourth-order valence-electron chi connectivity index (χ4n) is 3.35. The van der Waals surface area contributed by atoms with Crippen molar-refractivity contribution in [3.63, 3.8) is 0 Å². The van der Waals surface area contributed by atoms with Gasteiger partial charge >= 0.3 is 5.97 Å². The maximum absolute atomic E-state index is 12.6. The maximum Gasteiger partial charge on any atom is 0.330 e. The number of nitrogens with zero attached hydrogens (tertiary/aromatic N) is 1. The average Bonchev–Trinajstić information content (AvgIpc) is 2.86. The monoisotopic (exact) mass is 440 g/mol. The summed E-state index contributed by atoms with van der Waals surface area (Å²) in [7, 11) is 0. The molecule has 1 aromatic rings. The lowest BCUT2D eigenvalue weighted by molar-refractivity contribution is -0.164. The molecule has 6 nitrogen and oxygen atoms in total. The molecule has 2 amide bonds. The van der Waals surface area contributed by atoms with Gasteiger partial charge in [-0.2, -0.15) is 0 Å². The molecule has 0 bridgehead atoms. The van der Waals surface area contributed by atoms with E-state index in [0.29, 0.717) is 5.33 Å². The van der Waals surface area contributed by atoms with Crippen LogP contribution in [0.1, 0.15) is 19.4 Å². The number of halogens is 1. The highest BCUT2D eigenvalue weighted by molar-refractivity contribution is 9.09. The van der Waals surface area contributed by atoms with E-state index in [1.165, 1.54) is 11.8 Å². The number of benzene rings is 1. The number of esters is 1. The Hall–Kier alpha value is -1.54. The summed E-state index contributed by atoms with van der Waals surface area (Å²) < 4.78 is 4.76. The smallest absolute Gasteiger partial charge is 0.330 e. The first-order valence-corrected chi connectivity index (χ1v) is 10.4. The van der Waals surface area contributed by atoms with Gasteiger partial charge in [0, 0.05) is 10.1 Å². The Morgan fingerprint density at radius 1 is 1.31 bits per heavy atom. The molecule has 3 rings (SSSR count). The number of thioether (sulfide) groups is 1. The SMILES string of the molecule is CC1(C)S[C@@H]2[C@H](NC(=O)Cc3ccccc3)C(=O)N2[C@H]1C(=O)OCCBr. The van der Waals surface area contributed by atoms with Crippen molar-refractivity contribution in [3.05, 3.63) is 35.9 Å². The van der Waals surface area contributed by atoms with E-state index in [4.69, 9.17) is 4.74 Å². The molecule has 2 heterocycles. The number of carbonyl (C=O) groups is 3. The third kappa shape index (κ3) is 3.62. The molecule has 0 radical (unpaired) electrons. The minimum absolute atomic E-state index is 0.196. The molecular weight excluding hydrogens is 420 g/mol. The van der Waals surface area contributed by atoms with Crippen molar-refractivity contribution < 1.29 is 19.1 Å². The van der Waals surface area contributed by atoms with Crippen LogP contribution in [0.5, 0.6) is 0 Å². The van der Waals surface area contributed by atoms with Crippen LogP contribution in [0, 0.1) is 0 Å². The Morgan fingerprint density at radius 2 is 2.00 bits per heavy atom. The van der Waals surface area contributed by atoms with Crippen LogP contribution in [-0.2, 0) is 25.5 Å². The zero-order valence-corrected chi connectivity index (χ0v) is 17.0. The summed E-state index contributed by atoms with van der Waals surface area (Å²) in [4.78, 5) is 38.8. The lowest BCUT2D eigenvalue weighted by Gasteiger charge is -2.43. The van der Waals surface area contributed by atoms with Crippen LogP contribution in [-0.4, -0.2) is 56.8 Å². The molecule has 1 N–H and O–H groups in total. The molecule has 2 saturated heterocycles. The Bertz CT molecular complexity index is 712. The summed E-state index contributed by atoms with van der Waals surface area (Å²) >= 11 is 4.75. The predicted octanol–water partition coefficient (Wildman–Crippen LogP) is 1.71. The molecule has 140 valence electrons. The molecule has 0 unspecified atom stereocenters. The Balaban J connectivity index is 1.64. The lowest BCUT2D eigenvalue weighted by atomic mass is 9.96. The number of rotatable bonds is 6. The van der Waals surface area contributed by atoms with Crippen LogP contribution in [0.3, 0.4) is 0 Å². The van der Waals surface area contributed by atoms with Gasteiger partial charge < -0.3 is 15.0 Å². The van der Waals surface area contributed by atoms with Crippen molar-refractivity contribution in [3.8, 4) is 0 Å². The van der Waals surface area contributed by atoms with Crippen LogP contribution < -0.4 is 5.32 Å². The van der Waals surface area contributed by atoms with Gasteiger partial charge in [0.1, 0.15) is 24.1 Å². The van der Waals surface area contributed by atoms with Crippen molar-refractivity contribution in [1.29, 1.82) is 0 Å². The molecule has 8 heteroatoms. The molecule has 0 spiro atoms. The van der Waals surface area contributed by atoms with Crippen molar-refractivity contribution in [2.75, 3.05) is 11.9 Å². The second-order valence-corrected chi connectivity index (χ2v) is 9.39. The van der Waals surface area contributed by atoms with Gasteiger partial charge in [-0.15, -0.1) is 11.8 Å². The van der Waals surface area contributed by atoms with Gasteiger partial charge in [-0.25, -0.2) is 4.79 Å². The fourth-order valence-corrected chi connectivity index (χ4v) is 5.13. The number of amides is 2. The Kier molecular flexibility index (Phi) is 5.62. The molecular formula is C18H21BrN2O4S. The third-order valence-electron chi connectivity index (χ3n) is 4.51. The predicted molar refractivity (Wildman–Crippen MR) is 103 cm³/mol. The number of β-lactam (4-membered cyclic amide) rings is 1. The first kappa shape index (κ1) is 19.2. The summed E-state index contributed by atoms with van der Waals surface area (Å²) in [5, 5.41) is 3.13. The molecule has 2 aliphatic heterocycles. The van der Waals surface area contributed by atoms with Gasteiger partial charge in [-0.1, -0.05) is 46.3 Å². The summed E-state index contributed by atoms with van der Waals surface area (Å²) in [6.07, 6.45) is 0.224. The van der Waals surface area contributed by atoms with Crippen molar-refractivity contribution in [1.82, 2.24) is 10.2 Å². The summed E-state index contributed by atoms with van der Waals surface area (Å²) in [5.41, 5.74) is 0.893. The highest BCUT2D eigenvalue weighted by atomic mass is 79.9. The number of hydrogen-bond acceptors (Lipinski definition) is 5. The van der Waals surface area contributed by atoms with Crippen molar-refractivity contribution in [2.45, 2.75) is 42.5 Å². The van der Waals surface area contributed by atoms with Crippen LogP contribution in [0.2, 0.25) is 0 Å². The number of hydrogen-bond donors (Lipinski definition) is 1. The molecule has 3 atom stereocenters. The van der Waals surface area contributed by atoms with Gasteiger partial charge in [0.2, 0.25) is 11.8 Å². The van der Waals surface area contributed by atoms with E-state index >= 15 is 0 Å². The molecule has 26 heavy (non-hydrogen) atoms. The van der Waals surface area contributed by atoms with Crippen molar-refractivity contribution >= 4 is 45.5 Å². The maximum atomic E-state index is 12.6. The van der Waals surface area contributed by atoms with Gasteiger partial charge in [-0.05, 0) is 19.4 Å². The Labute approximate surface area is 165 Å². The van der Waals surface area contributed by atoms with Crippen LogP contribution in [0.15, 0.2) is 30.3 Å². The topological polar surface area (TPSA) is 75.7 Å². The van der Waals surface area contributed by atoms with E-state index in [0.717, 1.165) is 5.56 Å². The average molecular weight is 441 g/mol. The first-order valence-electron chi connectivity index (χ1n) is 8.41. The van der Waals surface area contributed by atoms with E-state index in [1.807, 2.05) is 44.2 Å². The third-order valence-corrected chi connectivity index (χ3v) is 6.41. The Morgan fingerprint density at radius 3 is 2.65 bits per heavy atom. The largest absolute Gasteiger partial charge is 0.463 e. The fraction of sp³-hybridized carbons (Fsp3) is 0.500. The number of ether oxygens (including phenoxy) is 1. The van der Waals surface area contributed by atoms with Gasteiger partial charge in [0.25, 0.3) is 0 Å². The second kappa shape index (κ2) is 7.60. The molecule has 2 fully saturated rings. The number of alkyl halides is 1. The van der Waals surface area contributed by atoms with E-state index in [2.05, 4.69) is 21.2 Å². The van der Waals surface area contributed by atoms with Crippen LogP contribution in [0.4, 0.5) is 0 Å². The van der Waals surface area contributed by atoms with E-state index < -0.39 is 22.8 Å². The molecule has 0 saturated carbocycles. The molecule has 0 aliphatic carbocycles.